The Labute approximate surface area is 263 Å². The van der Waals surface area contributed by atoms with Crippen molar-refractivity contribution in [1.82, 2.24) is 5.32 Å². The third-order valence-electron chi connectivity index (χ3n) is 6.43. The Morgan fingerprint density at radius 2 is 1.86 bits per heavy atom. The summed E-state index contributed by atoms with van der Waals surface area (Å²) in [5.41, 5.74) is 3.35. The molecule has 0 radical (unpaired) electrons. The molecular formula is C33H30BrN3O5S. The molecule has 1 aliphatic heterocycles. The summed E-state index contributed by atoms with van der Waals surface area (Å²) in [6, 6.07) is 24.6. The zero-order valence-electron chi connectivity index (χ0n) is 23.7. The smallest absolute Gasteiger partial charge is 0.337 e. The third kappa shape index (κ3) is 8.09. The van der Waals surface area contributed by atoms with Gasteiger partial charge in [-0.05, 0) is 54.4 Å². The maximum atomic E-state index is 13.3. The molecule has 1 heterocycles. The summed E-state index contributed by atoms with van der Waals surface area (Å²) in [5.74, 6) is -0.600. The quantitative estimate of drug-likeness (QED) is 0.161. The molecule has 0 aromatic heterocycles. The third-order valence-corrected chi connectivity index (χ3v) is 7.98. The van der Waals surface area contributed by atoms with Crippen LogP contribution in [0.1, 0.15) is 24.0 Å². The molecule has 43 heavy (non-hydrogen) atoms. The van der Waals surface area contributed by atoms with Crippen molar-refractivity contribution in [3.8, 4) is 17.6 Å². The highest BCUT2D eigenvalue weighted by molar-refractivity contribution is 9.10. The van der Waals surface area contributed by atoms with Crippen molar-refractivity contribution in [2.45, 2.75) is 19.4 Å². The number of nitrogens with one attached hydrogen (secondary N) is 2. The topological polar surface area (TPSA) is 110 Å². The second kappa shape index (κ2) is 15.1. The summed E-state index contributed by atoms with van der Waals surface area (Å²) in [6.45, 7) is 5.72. The monoisotopic (exact) mass is 659 g/mol. The number of methoxy groups -OCH3 is 1. The van der Waals surface area contributed by atoms with E-state index in [0.29, 0.717) is 40.1 Å². The summed E-state index contributed by atoms with van der Waals surface area (Å²) in [6.07, 6.45) is 1.48. The lowest BCUT2D eigenvalue weighted by Gasteiger charge is -2.29. The molecule has 3 aromatic carbocycles. The lowest BCUT2D eigenvalue weighted by atomic mass is 9.82. The van der Waals surface area contributed by atoms with Gasteiger partial charge in [-0.15, -0.1) is 0 Å². The van der Waals surface area contributed by atoms with Gasteiger partial charge >= 0.3 is 5.97 Å². The second-order valence-corrected chi connectivity index (χ2v) is 11.3. The van der Waals surface area contributed by atoms with Gasteiger partial charge in [-0.2, -0.15) is 5.26 Å². The number of amides is 1. The van der Waals surface area contributed by atoms with E-state index >= 15 is 0 Å². The van der Waals surface area contributed by atoms with Crippen molar-refractivity contribution in [3.05, 3.63) is 123 Å². The average molecular weight is 661 g/mol. The van der Waals surface area contributed by atoms with Crippen molar-refractivity contribution in [1.29, 1.82) is 5.26 Å². The lowest BCUT2D eigenvalue weighted by Crippen LogP contribution is -2.29. The molecule has 1 atom stereocenters. The number of ether oxygens (including phenoxy) is 3. The Morgan fingerprint density at radius 1 is 1.12 bits per heavy atom. The molecule has 0 aliphatic carbocycles. The van der Waals surface area contributed by atoms with Gasteiger partial charge in [-0.3, -0.25) is 4.79 Å². The van der Waals surface area contributed by atoms with Crippen LogP contribution in [0.25, 0.3) is 0 Å². The van der Waals surface area contributed by atoms with Gasteiger partial charge in [0.05, 0.1) is 41.0 Å². The van der Waals surface area contributed by atoms with Crippen LogP contribution in [0.5, 0.6) is 11.5 Å². The number of rotatable bonds is 12. The van der Waals surface area contributed by atoms with Crippen molar-refractivity contribution >= 4 is 45.3 Å². The maximum absolute atomic E-state index is 13.3. The number of dihydropyridines is 1. The van der Waals surface area contributed by atoms with E-state index in [1.54, 1.807) is 37.3 Å². The van der Waals surface area contributed by atoms with E-state index in [2.05, 4.69) is 39.2 Å². The fraction of sp³-hybridized carbons (Fsp3) is 0.182. The van der Waals surface area contributed by atoms with Gasteiger partial charge in [0.25, 0.3) is 0 Å². The van der Waals surface area contributed by atoms with E-state index in [1.807, 2.05) is 42.5 Å². The zero-order chi connectivity index (χ0) is 30.8. The van der Waals surface area contributed by atoms with Crippen molar-refractivity contribution in [2.24, 2.45) is 0 Å². The van der Waals surface area contributed by atoms with Crippen LogP contribution >= 0.6 is 27.7 Å². The summed E-state index contributed by atoms with van der Waals surface area (Å²) < 4.78 is 18.0. The molecule has 2 N–H and O–H groups in total. The Balaban J connectivity index is 1.64. The van der Waals surface area contributed by atoms with Crippen molar-refractivity contribution in [2.75, 3.05) is 24.8 Å². The van der Waals surface area contributed by atoms with Gasteiger partial charge < -0.3 is 24.8 Å². The average Bonchev–Trinajstić information content (AvgIpc) is 3.02. The molecular weight excluding hydrogens is 630 g/mol. The molecule has 1 amide bonds. The second-order valence-electron chi connectivity index (χ2n) is 9.37. The minimum Gasteiger partial charge on any atom is -0.493 e. The first-order valence-corrected chi connectivity index (χ1v) is 15.0. The zero-order valence-corrected chi connectivity index (χ0v) is 26.1. The van der Waals surface area contributed by atoms with Crippen LogP contribution in [-0.2, 0) is 20.9 Å². The molecule has 1 aliphatic rings. The Morgan fingerprint density at radius 3 is 2.53 bits per heavy atom. The number of nitriles is 1. The van der Waals surface area contributed by atoms with Crippen molar-refractivity contribution < 1.29 is 23.8 Å². The first-order chi connectivity index (χ1) is 20.8. The number of carbonyl (C=O) groups excluding carboxylic acids is 2. The van der Waals surface area contributed by atoms with Crippen LogP contribution < -0.4 is 20.1 Å². The number of anilines is 1. The molecule has 8 nitrogen and oxygen atoms in total. The number of halogens is 1. The summed E-state index contributed by atoms with van der Waals surface area (Å²) >= 11 is 4.56. The van der Waals surface area contributed by atoms with Crippen LogP contribution in [0.3, 0.4) is 0 Å². The highest BCUT2D eigenvalue weighted by Crippen LogP contribution is 2.43. The highest BCUT2D eigenvalue weighted by atomic mass is 79.9. The number of carbonyl (C=O) groups is 2. The Kier molecular flexibility index (Phi) is 11.1. The molecule has 10 heteroatoms. The minimum atomic E-state index is -0.780. The largest absolute Gasteiger partial charge is 0.493 e. The van der Waals surface area contributed by atoms with Crippen molar-refractivity contribution in [3.63, 3.8) is 0 Å². The number of benzene rings is 3. The highest BCUT2D eigenvalue weighted by Gasteiger charge is 2.36. The minimum absolute atomic E-state index is 0.0152. The van der Waals surface area contributed by atoms with E-state index in [9.17, 15) is 14.9 Å². The summed E-state index contributed by atoms with van der Waals surface area (Å²) in [7, 11) is 1.53. The normalized spacial score (nSPS) is 14.3. The predicted octanol–water partition coefficient (Wildman–Crippen LogP) is 6.83. The van der Waals surface area contributed by atoms with Gasteiger partial charge in [0.2, 0.25) is 5.91 Å². The van der Waals surface area contributed by atoms with Crippen LogP contribution in [0, 0.1) is 11.3 Å². The number of allylic oxidation sites excluding steroid dienone is 2. The molecule has 3 aromatic rings. The van der Waals surface area contributed by atoms with Gasteiger partial charge in [0.15, 0.2) is 11.5 Å². The van der Waals surface area contributed by atoms with E-state index in [-0.39, 0.29) is 29.4 Å². The summed E-state index contributed by atoms with van der Waals surface area (Å²) in [4.78, 5) is 26.0. The number of esters is 1. The maximum Gasteiger partial charge on any atom is 0.337 e. The van der Waals surface area contributed by atoms with Crippen LogP contribution in [-0.4, -0.2) is 31.3 Å². The lowest BCUT2D eigenvalue weighted by molar-refractivity contribution is -0.138. The standard InChI is InChI=1S/C33H30BrN3O5S/c1-4-16-41-33(39)30-21(2)36-32(43-20-29(38)37-25-13-11-24(34)12-14-25)26(18-35)31(30)23-10-15-27(28(17-23)40-3)42-19-22-8-6-5-7-9-22/h4-15,17,31,36H,1,16,19-20H2,2-3H3,(H,37,38). The fourth-order valence-electron chi connectivity index (χ4n) is 4.43. The Hall–Kier alpha value is -4.46. The van der Waals surface area contributed by atoms with Gasteiger partial charge in [-0.1, -0.05) is 76.7 Å². The van der Waals surface area contributed by atoms with Crippen LogP contribution in [0.4, 0.5) is 5.69 Å². The SMILES string of the molecule is C=CCOC(=O)C1=C(C)NC(SCC(=O)Nc2ccc(Br)cc2)=C(C#N)C1c1ccc(OCc2ccccc2)c(OC)c1. The summed E-state index contributed by atoms with van der Waals surface area (Å²) in [5, 5.41) is 16.8. The molecule has 0 fully saturated rings. The van der Waals surface area contributed by atoms with Gasteiger partial charge in [0.1, 0.15) is 13.2 Å². The van der Waals surface area contributed by atoms with Gasteiger partial charge in [-0.25, -0.2) is 4.79 Å². The first-order valence-electron chi connectivity index (χ1n) is 13.3. The van der Waals surface area contributed by atoms with Crippen LogP contribution in [0.2, 0.25) is 0 Å². The molecule has 0 spiro atoms. The molecule has 220 valence electrons. The first kappa shape index (κ1) is 31.5. The van der Waals surface area contributed by atoms with Crippen LogP contribution in [0.15, 0.2) is 112 Å². The number of hydrogen-bond acceptors (Lipinski definition) is 8. The Bertz CT molecular complexity index is 1600. The van der Waals surface area contributed by atoms with Gasteiger partial charge in [0, 0.05) is 15.9 Å². The fourth-order valence-corrected chi connectivity index (χ4v) is 5.59. The number of hydrogen-bond donors (Lipinski definition) is 2. The molecule has 0 bridgehead atoms. The van der Waals surface area contributed by atoms with E-state index in [1.165, 1.54) is 24.9 Å². The predicted molar refractivity (Wildman–Crippen MR) is 171 cm³/mol. The molecule has 1 unspecified atom stereocenters. The van der Waals surface area contributed by atoms with E-state index in [4.69, 9.17) is 14.2 Å². The number of thioether (sulfide) groups is 1. The number of nitrogens with zero attached hydrogens (tertiary/aromatic N) is 1. The molecule has 4 rings (SSSR count). The molecule has 0 saturated heterocycles. The van der Waals surface area contributed by atoms with E-state index in [0.717, 1.165) is 10.0 Å². The molecule has 0 saturated carbocycles. The van der Waals surface area contributed by atoms with E-state index < -0.39 is 11.9 Å².